The molecule has 13 nitrogen and oxygen atoms in total. The normalized spacial score (nSPS) is 10.9. The van der Waals surface area contributed by atoms with E-state index in [4.69, 9.17) is 4.74 Å². The van der Waals surface area contributed by atoms with Gasteiger partial charge in [-0.2, -0.15) is 15.6 Å². The van der Waals surface area contributed by atoms with Crippen LogP contribution in [0.15, 0.2) is 66.7 Å². The van der Waals surface area contributed by atoms with Gasteiger partial charge in [0.2, 0.25) is 17.5 Å². The predicted octanol–water partition coefficient (Wildman–Crippen LogP) is 2.69. The van der Waals surface area contributed by atoms with Crippen LogP contribution in [0.1, 0.15) is 0 Å². The molecule has 0 aliphatic rings. The van der Waals surface area contributed by atoms with Crippen molar-refractivity contribution in [3.8, 4) is 56.8 Å². The zero-order valence-corrected chi connectivity index (χ0v) is 17.3. The lowest BCUT2D eigenvalue weighted by Gasteiger charge is -2.13. The number of rotatable bonds is 6. The lowest BCUT2D eigenvalue weighted by molar-refractivity contribution is 0.484. The van der Waals surface area contributed by atoms with Gasteiger partial charge in [0.05, 0.1) is 0 Å². The van der Waals surface area contributed by atoms with Crippen molar-refractivity contribution < 1.29 is 4.74 Å². The van der Waals surface area contributed by atoms with Gasteiger partial charge in [-0.25, -0.2) is 0 Å². The minimum absolute atomic E-state index is 0.469. The summed E-state index contributed by atoms with van der Waals surface area (Å²) >= 11 is 0. The van der Waals surface area contributed by atoms with Crippen LogP contribution in [0.4, 0.5) is 0 Å². The van der Waals surface area contributed by atoms with E-state index in [0.29, 0.717) is 29.0 Å². The third-order valence-corrected chi connectivity index (χ3v) is 5.07. The van der Waals surface area contributed by atoms with Gasteiger partial charge >= 0.3 is 0 Å². The molecule has 0 aliphatic heterocycles. The van der Waals surface area contributed by atoms with Crippen molar-refractivity contribution in [2.24, 2.45) is 0 Å². The molecule has 0 atom stereocenters. The molecule has 6 aromatic rings. The lowest BCUT2D eigenvalue weighted by Crippen LogP contribution is -1.92. The van der Waals surface area contributed by atoms with E-state index >= 15 is 0 Å². The topological polar surface area (TPSA) is 173 Å². The molecule has 34 heavy (non-hydrogen) atoms. The highest BCUT2D eigenvalue weighted by Gasteiger charge is 2.13. The number of H-pyrrole nitrogens is 3. The number of ether oxygens (including phenoxy) is 1. The fraction of sp³-hybridized carbons (Fsp3) is 0. The third kappa shape index (κ3) is 3.73. The van der Waals surface area contributed by atoms with Crippen LogP contribution in [-0.2, 0) is 0 Å². The van der Waals surface area contributed by atoms with Crippen LogP contribution < -0.4 is 4.74 Å². The standard InChI is InChI=1S/C21H14N12O/c1-3-13(19-22-28-29-23-19)4-2-12(1)17-10-7-15(21-26-32-33-27-21)11-18(17)34-16-8-5-14(6-9-16)20-24-30-31-25-20/h1-11H,(H,22,23,28,29)(H,24,25,30,31)(H,26,27,32,33). The summed E-state index contributed by atoms with van der Waals surface area (Å²) in [7, 11) is 0. The van der Waals surface area contributed by atoms with E-state index in [1.54, 1.807) is 0 Å². The van der Waals surface area contributed by atoms with Crippen molar-refractivity contribution in [2.45, 2.75) is 0 Å². The highest BCUT2D eigenvalue weighted by Crippen LogP contribution is 2.37. The van der Waals surface area contributed by atoms with Crippen molar-refractivity contribution >= 4 is 0 Å². The number of benzene rings is 3. The molecule has 0 amide bonds. The van der Waals surface area contributed by atoms with Crippen LogP contribution in [0, 0.1) is 0 Å². The molecule has 3 aromatic heterocycles. The van der Waals surface area contributed by atoms with Crippen LogP contribution in [0.3, 0.4) is 0 Å². The van der Waals surface area contributed by atoms with Gasteiger partial charge in [-0.3, -0.25) is 0 Å². The van der Waals surface area contributed by atoms with E-state index in [1.807, 2.05) is 66.7 Å². The first-order valence-electron chi connectivity index (χ1n) is 10.1. The first-order chi connectivity index (χ1) is 16.8. The summed E-state index contributed by atoms with van der Waals surface area (Å²) in [5, 5.41) is 42.4. The first kappa shape index (κ1) is 19.4. The molecule has 3 aromatic carbocycles. The Morgan fingerprint density at radius 3 is 1.50 bits per heavy atom. The third-order valence-electron chi connectivity index (χ3n) is 5.07. The number of hydrogen-bond donors (Lipinski definition) is 3. The van der Waals surface area contributed by atoms with Crippen LogP contribution in [0.5, 0.6) is 11.5 Å². The van der Waals surface area contributed by atoms with Crippen molar-refractivity contribution in [1.82, 2.24) is 61.9 Å². The molecular weight excluding hydrogens is 436 g/mol. The number of aromatic nitrogens is 12. The van der Waals surface area contributed by atoms with Gasteiger partial charge in [0.15, 0.2) is 0 Å². The molecule has 3 N–H and O–H groups in total. The lowest BCUT2D eigenvalue weighted by atomic mass is 10.0. The SMILES string of the molecule is c1cc(-c2nn[nH]n2)ccc1Oc1cc(-c2nn[nH]n2)ccc1-c1ccc(-c2nn[nH]n2)cc1. The van der Waals surface area contributed by atoms with Gasteiger partial charge < -0.3 is 4.74 Å². The van der Waals surface area contributed by atoms with E-state index in [2.05, 4.69) is 61.9 Å². The van der Waals surface area contributed by atoms with Gasteiger partial charge in [0.25, 0.3) is 0 Å². The molecule has 164 valence electrons. The Kier molecular flexibility index (Phi) is 4.73. The predicted molar refractivity (Wildman–Crippen MR) is 118 cm³/mol. The van der Waals surface area contributed by atoms with Gasteiger partial charge in [-0.1, -0.05) is 30.3 Å². The Morgan fingerprint density at radius 2 is 0.971 bits per heavy atom. The summed E-state index contributed by atoms with van der Waals surface area (Å²) < 4.78 is 6.29. The molecule has 0 radical (unpaired) electrons. The minimum atomic E-state index is 0.469. The minimum Gasteiger partial charge on any atom is -0.457 e. The van der Waals surface area contributed by atoms with E-state index in [0.717, 1.165) is 27.8 Å². The van der Waals surface area contributed by atoms with Crippen molar-refractivity contribution in [1.29, 1.82) is 0 Å². The number of hydrogen-bond acceptors (Lipinski definition) is 10. The van der Waals surface area contributed by atoms with E-state index in [-0.39, 0.29) is 0 Å². The quantitative estimate of drug-likeness (QED) is 0.342. The molecule has 0 spiro atoms. The number of tetrazole rings is 3. The molecular formula is C21H14N12O. The number of nitrogens with one attached hydrogen (secondary N) is 3. The largest absolute Gasteiger partial charge is 0.457 e. The number of aromatic amines is 3. The maximum Gasteiger partial charge on any atom is 0.204 e. The summed E-state index contributed by atoms with van der Waals surface area (Å²) in [5.41, 5.74) is 4.26. The average molecular weight is 450 g/mol. The summed E-state index contributed by atoms with van der Waals surface area (Å²) in [6, 6.07) is 21.0. The molecule has 6 rings (SSSR count). The molecule has 0 saturated carbocycles. The fourth-order valence-corrected chi connectivity index (χ4v) is 3.43. The Morgan fingerprint density at radius 1 is 0.500 bits per heavy atom. The van der Waals surface area contributed by atoms with Crippen LogP contribution >= 0.6 is 0 Å². The maximum atomic E-state index is 6.29. The van der Waals surface area contributed by atoms with E-state index in [9.17, 15) is 0 Å². The number of nitrogens with zero attached hydrogens (tertiary/aromatic N) is 9. The molecule has 0 saturated heterocycles. The Hall–Kier alpha value is -5.33. The first-order valence-corrected chi connectivity index (χ1v) is 10.1. The second-order valence-electron chi connectivity index (χ2n) is 7.12. The Labute approximate surface area is 190 Å². The second-order valence-corrected chi connectivity index (χ2v) is 7.12. The zero-order valence-electron chi connectivity index (χ0n) is 17.3. The summed E-state index contributed by atoms with van der Waals surface area (Å²) in [4.78, 5) is 0. The second kappa shape index (κ2) is 8.31. The maximum absolute atomic E-state index is 6.29. The fourth-order valence-electron chi connectivity index (χ4n) is 3.43. The molecule has 3 heterocycles. The molecule has 0 bridgehead atoms. The van der Waals surface area contributed by atoms with Crippen molar-refractivity contribution in [2.75, 3.05) is 0 Å². The molecule has 13 heteroatoms. The Bertz CT molecular complexity index is 1490. The van der Waals surface area contributed by atoms with Crippen molar-refractivity contribution in [3.63, 3.8) is 0 Å². The molecule has 0 aliphatic carbocycles. The van der Waals surface area contributed by atoms with Gasteiger partial charge in [-0.15, -0.1) is 30.6 Å². The summed E-state index contributed by atoms with van der Waals surface area (Å²) in [5.74, 6) is 2.77. The summed E-state index contributed by atoms with van der Waals surface area (Å²) in [6.45, 7) is 0. The van der Waals surface area contributed by atoms with E-state index < -0.39 is 0 Å². The van der Waals surface area contributed by atoms with E-state index in [1.165, 1.54) is 0 Å². The van der Waals surface area contributed by atoms with Gasteiger partial charge in [0.1, 0.15) is 11.5 Å². The van der Waals surface area contributed by atoms with Gasteiger partial charge in [-0.05, 0) is 57.6 Å². The summed E-state index contributed by atoms with van der Waals surface area (Å²) in [6.07, 6.45) is 0. The highest BCUT2D eigenvalue weighted by molar-refractivity contribution is 5.76. The Balaban J connectivity index is 1.36. The van der Waals surface area contributed by atoms with Crippen LogP contribution in [-0.4, -0.2) is 61.9 Å². The van der Waals surface area contributed by atoms with Gasteiger partial charge in [0, 0.05) is 22.3 Å². The smallest absolute Gasteiger partial charge is 0.204 e. The molecule has 0 unspecified atom stereocenters. The van der Waals surface area contributed by atoms with Crippen LogP contribution in [0.25, 0.3) is 45.3 Å². The highest BCUT2D eigenvalue weighted by atomic mass is 16.5. The zero-order chi connectivity index (χ0) is 22.7. The van der Waals surface area contributed by atoms with Crippen molar-refractivity contribution in [3.05, 3.63) is 66.7 Å². The average Bonchev–Trinajstić information content (AvgIpc) is 3.68. The molecule has 0 fully saturated rings. The monoisotopic (exact) mass is 450 g/mol. The van der Waals surface area contributed by atoms with Crippen LogP contribution in [0.2, 0.25) is 0 Å².